The van der Waals surface area contributed by atoms with E-state index in [1.54, 1.807) is 0 Å². The molecule has 0 heterocycles. The normalized spacial score (nSPS) is 10.1. The standard InChI is InChI=1S/C15H14Br2N2O/c16-13-6-3-4-11(8-13)9-18-15(20)19-10-12-5-1-2-7-14(12)17/h1-8H,9-10H2,(H2,18,19,20). The maximum atomic E-state index is 11.7. The second kappa shape index (κ2) is 7.45. The summed E-state index contributed by atoms with van der Waals surface area (Å²) in [5.74, 6) is 0. The van der Waals surface area contributed by atoms with Crippen LogP contribution in [-0.2, 0) is 13.1 Å². The van der Waals surface area contributed by atoms with E-state index in [0.717, 1.165) is 20.1 Å². The number of urea groups is 1. The summed E-state index contributed by atoms with van der Waals surface area (Å²) in [5.41, 5.74) is 2.10. The molecule has 0 spiro atoms. The summed E-state index contributed by atoms with van der Waals surface area (Å²) in [4.78, 5) is 11.7. The van der Waals surface area contributed by atoms with Gasteiger partial charge in [-0.2, -0.15) is 0 Å². The average Bonchev–Trinajstić information content (AvgIpc) is 2.44. The first-order chi connectivity index (χ1) is 9.65. The van der Waals surface area contributed by atoms with E-state index in [1.807, 2.05) is 48.5 Å². The van der Waals surface area contributed by atoms with Crippen LogP contribution < -0.4 is 10.6 Å². The number of hydrogen-bond acceptors (Lipinski definition) is 1. The number of carbonyl (C=O) groups excluding carboxylic acids is 1. The first kappa shape index (κ1) is 15.1. The zero-order valence-electron chi connectivity index (χ0n) is 10.7. The second-order valence-corrected chi connectivity index (χ2v) is 6.03. The molecule has 0 atom stereocenters. The van der Waals surface area contributed by atoms with Gasteiger partial charge >= 0.3 is 6.03 Å². The van der Waals surface area contributed by atoms with E-state index >= 15 is 0 Å². The molecule has 104 valence electrons. The topological polar surface area (TPSA) is 41.1 Å². The Morgan fingerprint density at radius 2 is 1.70 bits per heavy atom. The molecule has 0 unspecified atom stereocenters. The third-order valence-corrected chi connectivity index (χ3v) is 4.01. The number of halogens is 2. The molecule has 0 bridgehead atoms. The Morgan fingerprint density at radius 3 is 2.45 bits per heavy atom. The summed E-state index contributed by atoms with van der Waals surface area (Å²) in [6.45, 7) is 0.993. The van der Waals surface area contributed by atoms with Gasteiger partial charge in [-0.05, 0) is 29.3 Å². The quantitative estimate of drug-likeness (QED) is 0.796. The first-order valence-corrected chi connectivity index (χ1v) is 7.73. The summed E-state index contributed by atoms with van der Waals surface area (Å²) in [5, 5.41) is 5.66. The van der Waals surface area contributed by atoms with Crippen molar-refractivity contribution in [3.05, 3.63) is 68.6 Å². The monoisotopic (exact) mass is 396 g/mol. The lowest BCUT2D eigenvalue weighted by atomic mass is 10.2. The lowest BCUT2D eigenvalue weighted by Crippen LogP contribution is -2.34. The molecule has 2 amide bonds. The minimum Gasteiger partial charge on any atom is -0.334 e. The van der Waals surface area contributed by atoms with Crippen LogP contribution in [0.2, 0.25) is 0 Å². The SMILES string of the molecule is O=C(NCc1cccc(Br)c1)NCc1ccccc1Br. The summed E-state index contributed by atoms with van der Waals surface area (Å²) in [6.07, 6.45) is 0. The predicted octanol–water partition coefficient (Wildman–Crippen LogP) is 4.21. The van der Waals surface area contributed by atoms with Crippen molar-refractivity contribution in [3.8, 4) is 0 Å². The van der Waals surface area contributed by atoms with Crippen LogP contribution in [0.3, 0.4) is 0 Å². The van der Waals surface area contributed by atoms with Crippen molar-refractivity contribution in [2.75, 3.05) is 0 Å². The molecule has 0 aliphatic rings. The maximum absolute atomic E-state index is 11.7. The number of rotatable bonds is 4. The predicted molar refractivity (Wildman–Crippen MR) is 87.4 cm³/mol. The van der Waals surface area contributed by atoms with Crippen LogP contribution in [-0.4, -0.2) is 6.03 Å². The molecular formula is C15H14Br2N2O. The van der Waals surface area contributed by atoms with E-state index in [9.17, 15) is 4.79 Å². The Bertz CT molecular complexity index is 602. The summed E-state index contributed by atoms with van der Waals surface area (Å²) >= 11 is 6.86. The second-order valence-electron chi connectivity index (χ2n) is 4.26. The first-order valence-electron chi connectivity index (χ1n) is 6.15. The van der Waals surface area contributed by atoms with Crippen molar-refractivity contribution in [1.29, 1.82) is 0 Å². The van der Waals surface area contributed by atoms with Gasteiger partial charge in [0.2, 0.25) is 0 Å². The Kier molecular flexibility index (Phi) is 5.61. The van der Waals surface area contributed by atoms with E-state index in [0.29, 0.717) is 13.1 Å². The molecule has 20 heavy (non-hydrogen) atoms. The van der Waals surface area contributed by atoms with Crippen molar-refractivity contribution >= 4 is 37.9 Å². The third-order valence-electron chi connectivity index (χ3n) is 2.74. The zero-order chi connectivity index (χ0) is 14.4. The number of hydrogen-bond donors (Lipinski definition) is 2. The molecule has 2 N–H and O–H groups in total. The summed E-state index contributed by atoms with van der Waals surface area (Å²) in [7, 11) is 0. The van der Waals surface area contributed by atoms with Crippen molar-refractivity contribution in [1.82, 2.24) is 10.6 Å². The van der Waals surface area contributed by atoms with Gasteiger partial charge in [-0.15, -0.1) is 0 Å². The van der Waals surface area contributed by atoms with Gasteiger partial charge < -0.3 is 10.6 Å². The van der Waals surface area contributed by atoms with Gasteiger partial charge in [0.05, 0.1) is 0 Å². The van der Waals surface area contributed by atoms with Gasteiger partial charge in [0, 0.05) is 22.0 Å². The number of amides is 2. The lowest BCUT2D eigenvalue weighted by molar-refractivity contribution is 0.240. The number of carbonyl (C=O) groups is 1. The molecule has 5 heteroatoms. The fourth-order valence-corrected chi connectivity index (χ4v) is 2.58. The molecule has 0 saturated heterocycles. The van der Waals surface area contributed by atoms with Crippen molar-refractivity contribution in [2.45, 2.75) is 13.1 Å². The molecule has 0 aliphatic carbocycles. The maximum Gasteiger partial charge on any atom is 0.315 e. The Balaban J connectivity index is 1.80. The average molecular weight is 398 g/mol. The smallest absolute Gasteiger partial charge is 0.315 e. The summed E-state index contributed by atoms with van der Waals surface area (Å²) < 4.78 is 2.00. The van der Waals surface area contributed by atoms with Crippen LogP contribution in [0.15, 0.2) is 57.5 Å². The van der Waals surface area contributed by atoms with Crippen molar-refractivity contribution < 1.29 is 4.79 Å². The fraction of sp³-hybridized carbons (Fsp3) is 0.133. The number of benzene rings is 2. The Hall–Kier alpha value is -1.33. The van der Waals surface area contributed by atoms with Gasteiger partial charge in [-0.25, -0.2) is 4.79 Å². The van der Waals surface area contributed by atoms with Crippen LogP contribution in [0.5, 0.6) is 0 Å². The van der Waals surface area contributed by atoms with E-state index in [1.165, 1.54) is 0 Å². The summed E-state index contributed by atoms with van der Waals surface area (Å²) in [6, 6.07) is 15.5. The van der Waals surface area contributed by atoms with Crippen LogP contribution in [0, 0.1) is 0 Å². The molecule has 2 aromatic carbocycles. The Labute approximate surface area is 135 Å². The van der Waals surface area contributed by atoms with Gasteiger partial charge in [0.1, 0.15) is 0 Å². The molecule has 0 fully saturated rings. The molecule has 2 rings (SSSR count). The molecule has 2 aromatic rings. The van der Waals surface area contributed by atoms with Crippen molar-refractivity contribution in [2.24, 2.45) is 0 Å². The fourth-order valence-electron chi connectivity index (χ4n) is 1.71. The molecule has 0 radical (unpaired) electrons. The molecule has 0 saturated carbocycles. The van der Waals surface area contributed by atoms with Gasteiger partial charge in [0.15, 0.2) is 0 Å². The van der Waals surface area contributed by atoms with Crippen LogP contribution in [0.25, 0.3) is 0 Å². The molecular weight excluding hydrogens is 384 g/mol. The highest BCUT2D eigenvalue weighted by atomic mass is 79.9. The van der Waals surface area contributed by atoms with E-state index in [2.05, 4.69) is 42.5 Å². The molecule has 0 aromatic heterocycles. The number of nitrogens with one attached hydrogen (secondary N) is 2. The van der Waals surface area contributed by atoms with E-state index in [-0.39, 0.29) is 6.03 Å². The Morgan fingerprint density at radius 1 is 0.950 bits per heavy atom. The van der Waals surface area contributed by atoms with E-state index < -0.39 is 0 Å². The van der Waals surface area contributed by atoms with Crippen LogP contribution >= 0.6 is 31.9 Å². The highest BCUT2D eigenvalue weighted by Gasteiger charge is 2.03. The van der Waals surface area contributed by atoms with Gasteiger partial charge in [0.25, 0.3) is 0 Å². The molecule has 3 nitrogen and oxygen atoms in total. The zero-order valence-corrected chi connectivity index (χ0v) is 13.9. The van der Waals surface area contributed by atoms with Crippen LogP contribution in [0.1, 0.15) is 11.1 Å². The van der Waals surface area contributed by atoms with Gasteiger partial charge in [-0.1, -0.05) is 62.2 Å². The van der Waals surface area contributed by atoms with E-state index in [4.69, 9.17) is 0 Å². The van der Waals surface area contributed by atoms with Crippen LogP contribution in [0.4, 0.5) is 4.79 Å². The van der Waals surface area contributed by atoms with Crippen molar-refractivity contribution in [3.63, 3.8) is 0 Å². The highest BCUT2D eigenvalue weighted by Crippen LogP contribution is 2.15. The molecule has 0 aliphatic heterocycles. The largest absolute Gasteiger partial charge is 0.334 e. The minimum absolute atomic E-state index is 0.180. The van der Waals surface area contributed by atoms with Gasteiger partial charge in [-0.3, -0.25) is 0 Å². The minimum atomic E-state index is -0.180. The highest BCUT2D eigenvalue weighted by molar-refractivity contribution is 9.10. The third kappa shape index (κ3) is 4.65. The lowest BCUT2D eigenvalue weighted by Gasteiger charge is -2.09.